The second-order valence-electron chi connectivity index (χ2n) is 6.66. The molecule has 6 heteroatoms. The first kappa shape index (κ1) is 17.9. The van der Waals surface area contributed by atoms with Crippen LogP contribution in [-0.4, -0.2) is 54.0 Å². The highest BCUT2D eigenvalue weighted by atomic mass is 32.1. The number of aromatic nitrogens is 1. The second-order valence-corrected chi connectivity index (χ2v) is 7.66. The number of piperazine rings is 1. The number of amides is 1. The highest BCUT2D eigenvalue weighted by Crippen LogP contribution is 2.33. The molecule has 0 bridgehead atoms. The van der Waals surface area contributed by atoms with Crippen molar-refractivity contribution in [3.05, 3.63) is 65.5 Å². The van der Waals surface area contributed by atoms with Gasteiger partial charge in [-0.15, -0.1) is 11.3 Å². The molecule has 4 rings (SSSR count). The zero-order valence-electron chi connectivity index (χ0n) is 15.3. The maximum Gasteiger partial charge on any atom is 0.277 e. The summed E-state index contributed by atoms with van der Waals surface area (Å²) in [7, 11) is 2.10. The normalized spacial score (nSPS) is 15.6. The number of hydrazine groups is 1. The average molecular weight is 379 g/mol. The van der Waals surface area contributed by atoms with E-state index in [2.05, 4.69) is 17.4 Å². The molecule has 27 heavy (non-hydrogen) atoms. The number of nitrogens with zero attached hydrogens (tertiary/aromatic N) is 3. The lowest BCUT2D eigenvalue weighted by Gasteiger charge is -2.32. The van der Waals surface area contributed by atoms with Crippen molar-refractivity contribution >= 4 is 17.2 Å². The Hall–Kier alpha value is -2.54. The van der Waals surface area contributed by atoms with E-state index in [4.69, 9.17) is 4.98 Å². The first-order valence-electron chi connectivity index (χ1n) is 9.07. The number of benzene rings is 2. The van der Waals surface area contributed by atoms with Crippen LogP contribution >= 0.6 is 11.3 Å². The van der Waals surface area contributed by atoms with Crippen molar-refractivity contribution in [3.63, 3.8) is 0 Å². The van der Waals surface area contributed by atoms with E-state index in [1.165, 1.54) is 11.3 Å². The summed E-state index contributed by atoms with van der Waals surface area (Å²) in [6.45, 7) is 3.55. The fourth-order valence-corrected chi connectivity index (χ4v) is 4.07. The highest BCUT2D eigenvalue weighted by molar-refractivity contribution is 7.17. The van der Waals surface area contributed by atoms with E-state index in [9.17, 15) is 4.79 Å². The first-order valence-corrected chi connectivity index (χ1v) is 9.88. The van der Waals surface area contributed by atoms with Gasteiger partial charge in [0, 0.05) is 37.3 Å². The third-order valence-electron chi connectivity index (χ3n) is 4.66. The lowest BCUT2D eigenvalue weighted by molar-refractivity contribution is 0.0667. The molecule has 3 aromatic rings. The third-order valence-corrected chi connectivity index (χ3v) is 5.77. The summed E-state index contributed by atoms with van der Waals surface area (Å²) in [6, 6.07) is 19.9. The van der Waals surface area contributed by atoms with Crippen molar-refractivity contribution in [3.8, 4) is 21.8 Å². The molecule has 1 aliphatic rings. The summed E-state index contributed by atoms with van der Waals surface area (Å²) in [5.74, 6) is -0.0851. The highest BCUT2D eigenvalue weighted by Gasteiger charge is 2.23. The van der Waals surface area contributed by atoms with Crippen LogP contribution in [0.25, 0.3) is 21.8 Å². The molecule has 1 aromatic heterocycles. The van der Waals surface area contributed by atoms with Crippen LogP contribution in [0.2, 0.25) is 0 Å². The number of thiazole rings is 1. The van der Waals surface area contributed by atoms with E-state index in [1.54, 1.807) is 0 Å². The molecule has 0 radical (unpaired) electrons. The van der Waals surface area contributed by atoms with Gasteiger partial charge in [-0.1, -0.05) is 60.7 Å². The predicted octanol–water partition coefficient (Wildman–Crippen LogP) is 3.37. The Morgan fingerprint density at radius 2 is 1.52 bits per heavy atom. The van der Waals surface area contributed by atoms with Crippen LogP contribution in [0.15, 0.2) is 60.7 Å². The van der Waals surface area contributed by atoms with Crippen LogP contribution in [0, 0.1) is 0 Å². The van der Waals surface area contributed by atoms with E-state index in [-0.39, 0.29) is 5.91 Å². The van der Waals surface area contributed by atoms with Gasteiger partial charge in [-0.2, -0.15) is 0 Å². The van der Waals surface area contributed by atoms with Gasteiger partial charge in [0.1, 0.15) is 9.88 Å². The Labute approximate surface area is 163 Å². The van der Waals surface area contributed by atoms with Crippen LogP contribution in [0.1, 0.15) is 9.67 Å². The Morgan fingerprint density at radius 3 is 2.15 bits per heavy atom. The zero-order chi connectivity index (χ0) is 18.6. The van der Waals surface area contributed by atoms with Gasteiger partial charge in [0.15, 0.2) is 0 Å². The fraction of sp³-hybridized carbons (Fsp3) is 0.238. The first-order chi connectivity index (χ1) is 13.2. The molecular weight excluding hydrogens is 356 g/mol. The van der Waals surface area contributed by atoms with Gasteiger partial charge in [-0.3, -0.25) is 10.2 Å². The molecule has 1 N–H and O–H groups in total. The van der Waals surface area contributed by atoms with Gasteiger partial charge in [0.05, 0.1) is 5.69 Å². The summed E-state index contributed by atoms with van der Waals surface area (Å²) < 4.78 is 0. The lowest BCUT2D eigenvalue weighted by atomic mass is 10.1. The van der Waals surface area contributed by atoms with Crippen LogP contribution in [-0.2, 0) is 0 Å². The Balaban J connectivity index is 1.65. The van der Waals surface area contributed by atoms with Crippen molar-refractivity contribution in [1.82, 2.24) is 20.3 Å². The number of carbonyl (C=O) groups is 1. The second kappa shape index (κ2) is 8.00. The summed E-state index contributed by atoms with van der Waals surface area (Å²) >= 11 is 1.44. The van der Waals surface area contributed by atoms with E-state index < -0.39 is 0 Å². The number of carbonyl (C=O) groups excluding carboxylic acids is 1. The van der Waals surface area contributed by atoms with Crippen molar-refractivity contribution in [1.29, 1.82) is 0 Å². The standard InChI is InChI=1S/C21H22N4OS/c1-24-12-14-25(15-13-24)23-20(26)19-18(16-8-4-2-5-9-16)22-21(27-19)17-10-6-3-7-11-17/h2-11H,12-15H2,1H3,(H,23,26). The van der Waals surface area contributed by atoms with E-state index in [0.717, 1.165) is 48.0 Å². The largest absolute Gasteiger partial charge is 0.304 e. The molecule has 5 nitrogen and oxygen atoms in total. The van der Waals surface area contributed by atoms with E-state index >= 15 is 0 Å². The molecule has 0 spiro atoms. The fourth-order valence-electron chi connectivity index (χ4n) is 3.08. The summed E-state index contributed by atoms with van der Waals surface area (Å²) in [5, 5.41) is 2.86. The molecule has 2 heterocycles. The van der Waals surface area contributed by atoms with Crippen LogP contribution in [0.3, 0.4) is 0 Å². The van der Waals surface area contributed by atoms with Gasteiger partial charge in [-0.25, -0.2) is 9.99 Å². The van der Waals surface area contributed by atoms with Crippen molar-refractivity contribution < 1.29 is 4.79 Å². The molecule has 0 aliphatic carbocycles. The van der Waals surface area contributed by atoms with Gasteiger partial charge in [0.25, 0.3) is 5.91 Å². The third kappa shape index (κ3) is 4.08. The zero-order valence-corrected chi connectivity index (χ0v) is 16.1. The van der Waals surface area contributed by atoms with Crippen LogP contribution in [0.5, 0.6) is 0 Å². The number of nitrogens with one attached hydrogen (secondary N) is 1. The van der Waals surface area contributed by atoms with Crippen LogP contribution in [0.4, 0.5) is 0 Å². The smallest absolute Gasteiger partial charge is 0.277 e. The Morgan fingerprint density at radius 1 is 0.926 bits per heavy atom. The topological polar surface area (TPSA) is 48.5 Å². The number of hydrogen-bond donors (Lipinski definition) is 1. The SMILES string of the molecule is CN1CCN(NC(=O)c2sc(-c3ccccc3)nc2-c2ccccc2)CC1. The van der Waals surface area contributed by atoms with Crippen molar-refractivity contribution in [2.24, 2.45) is 0 Å². The minimum Gasteiger partial charge on any atom is -0.304 e. The summed E-state index contributed by atoms with van der Waals surface area (Å²) in [6.07, 6.45) is 0. The number of hydrogen-bond acceptors (Lipinski definition) is 5. The minimum absolute atomic E-state index is 0.0851. The van der Waals surface area contributed by atoms with Crippen molar-refractivity contribution in [2.75, 3.05) is 33.2 Å². The lowest BCUT2D eigenvalue weighted by Crippen LogP contribution is -2.52. The Bertz CT molecular complexity index is 902. The predicted molar refractivity (Wildman–Crippen MR) is 110 cm³/mol. The minimum atomic E-state index is -0.0851. The van der Waals surface area contributed by atoms with Gasteiger partial charge < -0.3 is 4.90 Å². The summed E-state index contributed by atoms with van der Waals surface area (Å²) in [4.78, 5) is 20.8. The average Bonchev–Trinajstić information content (AvgIpc) is 3.17. The molecule has 138 valence electrons. The number of likely N-dealkylation sites (N-methyl/N-ethyl adjacent to an activating group) is 1. The van der Waals surface area contributed by atoms with Gasteiger partial charge in [0.2, 0.25) is 0 Å². The van der Waals surface area contributed by atoms with Gasteiger partial charge >= 0.3 is 0 Å². The molecule has 1 aliphatic heterocycles. The molecule has 1 saturated heterocycles. The Kier molecular flexibility index (Phi) is 5.29. The number of rotatable bonds is 4. The maximum atomic E-state index is 13.0. The molecule has 0 saturated carbocycles. The molecule has 2 aromatic carbocycles. The van der Waals surface area contributed by atoms with E-state index in [0.29, 0.717) is 4.88 Å². The quantitative estimate of drug-likeness (QED) is 0.756. The molecule has 1 amide bonds. The molecule has 1 fully saturated rings. The monoisotopic (exact) mass is 378 g/mol. The summed E-state index contributed by atoms with van der Waals surface area (Å²) in [5.41, 5.74) is 5.79. The molecule has 0 atom stereocenters. The van der Waals surface area contributed by atoms with Crippen molar-refractivity contribution in [2.45, 2.75) is 0 Å². The molecular formula is C21H22N4OS. The maximum absolute atomic E-state index is 13.0. The molecule has 0 unspecified atom stereocenters. The van der Waals surface area contributed by atoms with Crippen LogP contribution < -0.4 is 5.43 Å². The van der Waals surface area contributed by atoms with Gasteiger partial charge in [-0.05, 0) is 7.05 Å². The van der Waals surface area contributed by atoms with E-state index in [1.807, 2.05) is 65.7 Å².